The molecule has 2 aliphatic rings. The van der Waals surface area contributed by atoms with Crippen LogP contribution < -0.4 is 4.90 Å². The topological polar surface area (TPSA) is 57.7 Å². The van der Waals surface area contributed by atoms with E-state index in [9.17, 15) is 13.2 Å². The summed E-state index contributed by atoms with van der Waals surface area (Å²) in [5, 5.41) is 0. The molecule has 2 heterocycles. The van der Waals surface area contributed by atoms with Crippen molar-refractivity contribution in [1.29, 1.82) is 0 Å². The van der Waals surface area contributed by atoms with E-state index in [4.69, 9.17) is 0 Å². The van der Waals surface area contributed by atoms with E-state index in [1.165, 1.54) is 4.31 Å². The van der Waals surface area contributed by atoms with Crippen LogP contribution in [-0.4, -0.2) is 44.0 Å². The standard InChI is InChI=1S/C20H22N2O3S2/c23-20(22-14-5-15-26-19-7-2-1-6-18(19)22)16-8-10-17(11-9-16)27(24,25)21-12-3-4-13-21/h1-2,6-11H,3-5,12-15H2. The molecule has 1 fully saturated rings. The highest BCUT2D eigenvalue weighted by Crippen LogP contribution is 2.34. The summed E-state index contributed by atoms with van der Waals surface area (Å²) in [6.07, 6.45) is 2.73. The molecule has 0 saturated carbocycles. The van der Waals surface area contributed by atoms with E-state index in [0.717, 1.165) is 35.6 Å². The summed E-state index contributed by atoms with van der Waals surface area (Å²) in [7, 11) is -3.46. The van der Waals surface area contributed by atoms with Crippen molar-refractivity contribution in [2.45, 2.75) is 29.1 Å². The van der Waals surface area contributed by atoms with Crippen molar-refractivity contribution in [2.75, 3.05) is 30.3 Å². The zero-order valence-electron chi connectivity index (χ0n) is 15.0. The normalized spacial score (nSPS) is 18.1. The molecule has 2 aromatic carbocycles. The van der Waals surface area contributed by atoms with Gasteiger partial charge in [0.05, 0.1) is 10.6 Å². The van der Waals surface area contributed by atoms with E-state index >= 15 is 0 Å². The number of hydrogen-bond acceptors (Lipinski definition) is 4. The molecule has 0 N–H and O–H groups in total. The van der Waals surface area contributed by atoms with Crippen LogP contribution in [0.4, 0.5) is 5.69 Å². The lowest BCUT2D eigenvalue weighted by atomic mass is 10.1. The fourth-order valence-electron chi connectivity index (χ4n) is 3.54. The number of para-hydroxylation sites is 1. The average molecular weight is 403 g/mol. The number of carbonyl (C=O) groups excluding carboxylic acids is 1. The average Bonchev–Trinajstić information content (AvgIpc) is 3.16. The van der Waals surface area contributed by atoms with Gasteiger partial charge in [0.15, 0.2) is 0 Å². The fraction of sp³-hybridized carbons (Fsp3) is 0.350. The number of fused-ring (bicyclic) bond motifs is 1. The van der Waals surface area contributed by atoms with Crippen molar-refractivity contribution >= 4 is 33.4 Å². The smallest absolute Gasteiger partial charge is 0.258 e. The first-order chi connectivity index (χ1) is 13.1. The minimum atomic E-state index is -3.46. The van der Waals surface area contributed by atoms with E-state index in [1.807, 2.05) is 24.3 Å². The third-order valence-corrected chi connectivity index (χ3v) is 8.05. The first-order valence-electron chi connectivity index (χ1n) is 9.21. The number of amides is 1. The van der Waals surface area contributed by atoms with Gasteiger partial charge in [-0.05, 0) is 61.4 Å². The van der Waals surface area contributed by atoms with Crippen molar-refractivity contribution in [1.82, 2.24) is 4.31 Å². The minimum absolute atomic E-state index is 0.0879. The Bertz CT molecular complexity index is 936. The van der Waals surface area contributed by atoms with Crippen LogP contribution in [0.3, 0.4) is 0 Å². The molecule has 0 radical (unpaired) electrons. The first-order valence-corrected chi connectivity index (χ1v) is 11.6. The van der Waals surface area contributed by atoms with E-state index in [2.05, 4.69) is 0 Å². The maximum Gasteiger partial charge on any atom is 0.258 e. The van der Waals surface area contributed by atoms with Gasteiger partial charge in [0.25, 0.3) is 5.91 Å². The monoisotopic (exact) mass is 402 g/mol. The van der Waals surface area contributed by atoms with E-state index < -0.39 is 10.0 Å². The van der Waals surface area contributed by atoms with Crippen LogP contribution in [-0.2, 0) is 10.0 Å². The summed E-state index contributed by atoms with van der Waals surface area (Å²) in [6, 6.07) is 14.3. The molecule has 142 valence electrons. The number of sulfonamides is 1. The predicted molar refractivity (Wildman–Crippen MR) is 108 cm³/mol. The number of thioether (sulfide) groups is 1. The van der Waals surface area contributed by atoms with Crippen LogP contribution in [0.25, 0.3) is 0 Å². The minimum Gasteiger partial charge on any atom is -0.307 e. The maximum absolute atomic E-state index is 13.1. The molecule has 0 spiro atoms. The van der Waals surface area contributed by atoms with Crippen molar-refractivity contribution < 1.29 is 13.2 Å². The molecule has 4 rings (SSSR count). The largest absolute Gasteiger partial charge is 0.307 e. The van der Waals surface area contributed by atoms with Gasteiger partial charge in [-0.3, -0.25) is 4.79 Å². The van der Waals surface area contributed by atoms with Gasteiger partial charge in [-0.1, -0.05) is 12.1 Å². The highest BCUT2D eigenvalue weighted by molar-refractivity contribution is 7.99. The molecule has 0 bridgehead atoms. The molecular formula is C20H22N2O3S2. The third-order valence-electron chi connectivity index (χ3n) is 4.99. The molecule has 0 aliphatic carbocycles. The number of nitrogens with zero attached hydrogens (tertiary/aromatic N) is 2. The van der Waals surface area contributed by atoms with Gasteiger partial charge in [0.2, 0.25) is 10.0 Å². The summed E-state index contributed by atoms with van der Waals surface area (Å²) >= 11 is 1.77. The van der Waals surface area contributed by atoms with Crippen LogP contribution >= 0.6 is 11.8 Å². The Morgan fingerprint density at radius 2 is 1.59 bits per heavy atom. The highest BCUT2D eigenvalue weighted by Gasteiger charge is 2.28. The van der Waals surface area contributed by atoms with E-state index in [1.54, 1.807) is 40.9 Å². The lowest BCUT2D eigenvalue weighted by Gasteiger charge is -2.23. The summed E-state index contributed by atoms with van der Waals surface area (Å²) in [5.74, 6) is 0.892. The highest BCUT2D eigenvalue weighted by atomic mass is 32.2. The Balaban J connectivity index is 1.60. The molecule has 1 saturated heterocycles. The quantitative estimate of drug-likeness (QED) is 0.787. The fourth-order valence-corrected chi connectivity index (χ4v) is 6.05. The molecular weight excluding hydrogens is 380 g/mol. The summed E-state index contributed by atoms with van der Waals surface area (Å²) < 4.78 is 26.8. The summed E-state index contributed by atoms with van der Waals surface area (Å²) in [6.45, 7) is 1.81. The Labute approximate surface area is 164 Å². The molecule has 1 amide bonds. The van der Waals surface area contributed by atoms with Gasteiger partial charge >= 0.3 is 0 Å². The lowest BCUT2D eigenvalue weighted by molar-refractivity contribution is 0.0986. The lowest BCUT2D eigenvalue weighted by Crippen LogP contribution is -2.32. The van der Waals surface area contributed by atoms with Gasteiger partial charge in [0.1, 0.15) is 0 Å². The second-order valence-electron chi connectivity index (χ2n) is 6.76. The van der Waals surface area contributed by atoms with Crippen molar-refractivity contribution in [2.24, 2.45) is 0 Å². The third kappa shape index (κ3) is 3.63. The number of rotatable bonds is 3. The maximum atomic E-state index is 13.1. The zero-order valence-corrected chi connectivity index (χ0v) is 16.6. The van der Waals surface area contributed by atoms with Crippen molar-refractivity contribution in [3.63, 3.8) is 0 Å². The van der Waals surface area contributed by atoms with Gasteiger partial charge in [-0.15, -0.1) is 11.8 Å². The second-order valence-corrected chi connectivity index (χ2v) is 9.84. The van der Waals surface area contributed by atoms with Crippen molar-refractivity contribution in [3.05, 3.63) is 54.1 Å². The van der Waals surface area contributed by atoms with Gasteiger partial charge in [-0.25, -0.2) is 8.42 Å². The van der Waals surface area contributed by atoms with Crippen LogP contribution in [0, 0.1) is 0 Å². The SMILES string of the molecule is O=C(c1ccc(S(=O)(=O)N2CCCC2)cc1)N1CCCSc2ccccc21. The Kier molecular flexibility index (Phi) is 5.25. The van der Waals surface area contributed by atoms with Crippen LogP contribution in [0.2, 0.25) is 0 Å². The number of anilines is 1. The molecule has 5 nitrogen and oxygen atoms in total. The van der Waals surface area contributed by atoms with E-state index in [0.29, 0.717) is 25.2 Å². The molecule has 0 atom stereocenters. The van der Waals surface area contributed by atoms with Crippen molar-refractivity contribution in [3.8, 4) is 0 Å². The van der Waals surface area contributed by atoms with Crippen LogP contribution in [0.5, 0.6) is 0 Å². The van der Waals surface area contributed by atoms with Crippen LogP contribution in [0.1, 0.15) is 29.6 Å². The van der Waals surface area contributed by atoms with Gasteiger partial charge < -0.3 is 4.90 Å². The molecule has 2 aliphatic heterocycles. The molecule has 0 unspecified atom stereocenters. The number of hydrogen-bond donors (Lipinski definition) is 0. The first kappa shape index (κ1) is 18.5. The molecule has 2 aromatic rings. The zero-order chi connectivity index (χ0) is 18.9. The number of benzene rings is 2. The Morgan fingerprint density at radius 1 is 0.889 bits per heavy atom. The molecule has 7 heteroatoms. The second kappa shape index (κ2) is 7.66. The number of carbonyl (C=O) groups is 1. The Hall–Kier alpha value is -1.83. The molecule has 27 heavy (non-hydrogen) atoms. The van der Waals surface area contributed by atoms with Crippen LogP contribution in [0.15, 0.2) is 58.3 Å². The van der Waals surface area contributed by atoms with E-state index in [-0.39, 0.29) is 10.8 Å². The predicted octanol–water partition coefficient (Wildman–Crippen LogP) is 3.61. The van der Waals surface area contributed by atoms with Gasteiger partial charge in [-0.2, -0.15) is 4.31 Å². The summed E-state index contributed by atoms with van der Waals surface area (Å²) in [5.41, 5.74) is 1.44. The summed E-state index contributed by atoms with van der Waals surface area (Å²) in [4.78, 5) is 16.3. The molecule has 0 aromatic heterocycles. The van der Waals surface area contributed by atoms with Gasteiger partial charge in [0, 0.05) is 30.1 Å². The Morgan fingerprint density at radius 3 is 2.33 bits per heavy atom.